The third-order valence-electron chi connectivity index (χ3n) is 9.14. The fourth-order valence-electron chi connectivity index (χ4n) is 6.36. The van der Waals surface area contributed by atoms with Gasteiger partial charge in [-0.3, -0.25) is 4.90 Å². The van der Waals surface area contributed by atoms with Crippen LogP contribution in [0.3, 0.4) is 0 Å². The molecule has 5 rings (SSSR count). The first-order valence-corrected chi connectivity index (χ1v) is 20.3. The van der Waals surface area contributed by atoms with Gasteiger partial charge >= 0.3 is 0 Å². The van der Waals surface area contributed by atoms with Gasteiger partial charge in [-0.1, -0.05) is 24.6 Å². The molecule has 2 aliphatic heterocycles. The van der Waals surface area contributed by atoms with Crippen molar-refractivity contribution in [2.24, 2.45) is 9.98 Å². The molecule has 0 spiro atoms. The number of aromatic nitrogens is 1. The van der Waals surface area contributed by atoms with Gasteiger partial charge in [-0.2, -0.15) is 4.99 Å². The van der Waals surface area contributed by atoms with E-state index in [1.165, 1.54) is 22.6 Å². The molecule has 0 saturated carbocycles. The van der Waals surface area contributed by atoms with Crippen LogP contribution >= 0.6 is 30.1 Å². The largest absolute Gasteiger partial charge is 0.494 e. The number of aliphatic imine (C=N–C) groups is 2. The second-order valence-electron chi connectivity index (χ2n) is 12.8. The summed E-state index contributed by atoms with van der Waals surface area (Å²) in [6.45, 7) is 17.8. The zero-order valence-corrected chi connectivity index (χ0v) is 31.4. The second kappa shape index (κ2) is 16.0. The Morgan fingerprint density at radius 1 is 1.10 bits per heavy atom. The SMILES string of the molecule is C=NC(=N/C(Nc1ccc(-c2cscn2)cc1P(C)(C)=O)=C(\C)Cl)Nc1cc(CC)c(N2CCC(N3CCN(C)CC3)CC2)cc1OC. The van der Waals surface area contributed by atoms with Crippen LogP contribution in [0.4, 0.5) is 17.1 Å². The molecule has 10 nitrogen and oxygen atoms in total. The van der Waals surface area contributed by atoms with Crippen LogP contribution in [0.15, 0.2) is 62.1 Å². The summed E-state index contributed by atoms with van der Waals surface area (Å²) >= 11 is 8.08. The summed E-state index contributed by atoms with van der Waals surface area (Å²) in [7, 11) is 1.19. The number of hydrogen-bond acceptors (Lipinski definition) is 9. The predicted octanol–water partition coefficient (Wildman–Crippen LogP) is 6.85. The molecule has 2 fully saturated rings. The van der Waals surface area contributed by atoms with Crippen LogP contribution in [0, 0.1) is 0 Å². The number of aryl methyl sites for hydroxylation is 1. The highest BCUT2D eigenvalue weighted by atomic mass is 35.5. The van der Waals surface area contributed by atoms with Gasteiger partial charge in [0.05, 0.1) is 34.7 Å². The molecule has 0 amide bonds. The summed E-state index contributed by atoms with van der Waals surface area (Å²) in [4.78, 5) is 20.9. The van der Waals surface area contributed by atoms with E-state index in [-0.39, 0.29) is 5.96 Å². The molecule has 258 valence electrons. The van der Waals surface area contributed by atoms with Crippen LogP contribution in [-0.2, 0) is 11.0 Å². The Bertz CT molecular complexity index is 1690. The summed E-state index contributed by atoms with van der Waals surface area (Å²) in [6, 6.07) is 10.6. The molecule has 0 aliphatic carbocycles. The first-order valence-electron chi connectivity index (χ1n) is 16.4. The first-order chi connectivity index (χ1) is 23.0. The Hall–Kier alpha value is -3.21. The van der Waals surface area contributed by atoms with Crippen LogP contribution in [0.2, 0.25) is 0 Å². The number of halogens is 1. The van der Waals surface area contributed by atoms with Crippen molar-refractivity contribution < 1.29 is 9.30 Å². The van der Waals surface area contributed by atoms with Gasteiger partial charge in [0.2, 0.25) is 5.96 Å². The molecule has 3 aromatic rings. The molecule has 2 N–H and O–H groups in total. The minimum absolute atomic E-state index is 0.246. The highest BCUT2D eigenvalue weighted by molar-refractivity contribution is 7.70. The molecular formula is C35H48ClN8O2PS. The maximum atomic E-state index is 13.4. The number of hydrogen-bond donors (Lipinski definition) is 2. The summed E-state index contributed by atoms with van der Waals surface area (Å²) < 4.78 is 19.3. The van der Waals surface area contributed by atoms with Crippen molar-refractivity contribution >= 4 is 65.1 Å². The van der Waals surface area contributed by atoms with E-state index in [1.54, 1.807) is 32.9 Å². The Balaban J connectivity index is 1.36. The lowest BCUT2D eigenvalue weighted by molar-refractivity contribution is 0.0982. The lowest BCUT2D eigenvalue weighted by Gasteiger charge is -2.43. The van der Waals surface area contributed by atoms with E-state index in [9.17, 15) is 4.57 Å². The quantitative estimate of drug-likeness (QED) is 0.134. The fraction of sp³-hybridized carbons (Fsp3) is 0.457. The Kier molecular flexibility index (Phi) is 12.0. The number of piperidine rings is 1. The highest BCUT2D eigenvalue weighted by Crippen LogP contribution is 2.40. The maximum Gasteiger partial charge on any atom is 0.228 e. The third kappa shape index (κ3) is 8.68. The van der Waals surface area contributed by atoms with Crippen molar-refractivity contribution in [2.75, 3.05) is 82.3 Å². The van der Waals surface area contributed by atoms with Crippen LogP contribution < -0.4 is 25.6 Å². The van der Waals surface area contributed by atoms with Gasteiger partial charge in [0.25, 0.3) is 0 Å². The first kappa shape index (κ1) is 36.1. The number of guanidine groups is 1. The summed E-state index contributed by atoms with van der Waals surface area (Å²) in [5.41, 5.74) is 7.33. The molecule has 2 aromatic carbocycles. The lowest BCUT2D eigenvalue weighted by atomic mass is 9.99. The van der Waals surface area contributed by atoms with Gasteiger partial charge in [0.1, 0.15) is 18.7 Å². The maximum absolute atomic E-state index is 13.4. The number of allylic oxidation sites excluding steroid dienone is 1. The van der Waals surface area contributed by atoms with Gasteiger partial charge in [-0.05, 0) is 77.0 Å². The van der Waals surface area contributed by atoms with Crippen LogP contribution in [-0.4, -0.2) is 100 Å². The van der Waals surface area contributed by atoms with Gasteiger partial charge < -0.3 is 29.7 Å². The number of likely N-dealkylation sites (N-methyl/N-ethyl adjacent to an activating group) is 1. The van der Waals surface area contributed by atoms with Crippen molar-refractivity contribution in [1.82, 2.24) is 14.8 Å². The van der Waals surface area contributed by atoms with E-state index in [1.807, 2.05) is 23.6 Å². The molecule has 3 heterocycles. The number of methoxy groups -OCH3 is 1. The predicted molar refractivity (Wildman–Crippen MR) is 206 cm³/mol. The fourth-order valence-corrected chi connectivity index (χ4v) is 8.17. The average Bonchev–Trinajstić information content (AvgIpc) is 3.62. The van der Waals surface area contributed by atoms with Crippen molar-refractivity contribution in [2.45, 2.75) is 39.2 Å². The Morgan fingerprint density at radius 3 is 2.42 bits per heavy atom. The summed E-state index contributed by atoms with van der Waals surface area (Å²) in [5, 5.41) is 9.69. The molecule has 48 heavy (non-hydrogen) atoms. The van der Waals surface area contributed by atoms with Crippen LogP contribution in [0.5, 0.6) is 5.75 Å². The van der Waals surface area contributed by atoms with Gasteiger partial charge in [-0.25, -0.2) is 9.98 Å². The van der Waals surface area contributed by atoms with E-state index in [2.05, 4.69) is 68.1 Å². The molecule has 0 radical (unpaired) electrons. The minimum Gasteiger partial charge on any atom is -0.494 e. The van der Waals surface area contributed by atoms with Gasteiger partial charge in [0, 0.05) is 73.3 Å². The number of benzene rings is 2. The third-order valence-corrected chi connectivity index (χ3v) is 11.4. The average molecular weight is 711 g/mol. The van der Waals surface area contributed by atoms with Crippen LogP contribution in [0.1, 0.15) is 32.3 Å². The zero-order chi connectivity index (χ0) is 34.4. The van der Waals surface area contributed by atoms with Crippen molar-refractivity contribution in [3.8, 4) is 17.0 Å². The Morgan fingerprint density at radius 2 is 1.83 bits per heavy atom. The van der Waals surface area contributed by atoms with Gasteiger partial charge in [-0.15, -0.1) is 11.3 Å². The molecule has 0 unspecified atom stereocenters. The molecule has 0 bridgehead atoms. The van der Waals surface area contributed by atoms with E-state index in [0.717, 1.165) is 75.5 Å². The van der Waals surface area contributed by atoms with E-state index in [4.69, 9.17) is 21.3 Å². The number of anilines is 3. The topological polar surface area (TPSA) is 97.7 Å². The number of nitrogens with zero attached hydrogens (tertiary/aromatic N) is 6. The highest BCUT2D eigenvalue weighted by Gasteiger charge is 2.28. The number of rotatable bonds is 10. The molecule has 0 atom stereocenters. The molecule has 13 heteroatoms. The second-order valence-corrected chi connectivity index (χ2v) is 17.2. The van der Waals surface area contributed by atoms with Crippen molar-refractivity contribution in [3.63, 3.8) is 0 Å². The molecule has 2 aliphatic rings. The zero-order valence-electron chi connectivity index (χ0n) is 28.9. The van der Waals surface area contributed by atoms with E-state index < -0.39 is 7.14 Å². The standard InChI is InChI=1S/C35H48ClN8O2PS/c1-8-25-19-29(32(46-5)21-31(25)44-13-11-27(12-14-44)43-17-15-42(4)16-18-43)40-35(37-3)41-34(24(2)36)39-28-10-9-26(30-22-48-23-38-30)20-33(28)47(6,7)45/h9-10,19-23,27,39H,3,8,11-18H2,1-2,4-7H3,(H,40,41)/b34-24+. The van der Waals surface area contributed by atoms with Crippen LogP contribution in [0.25, 0.3) is 11.3 Å². The Labute approximate surface area is 294 Å². The normalized spacial score (nSPS) is 17.6. The number of piperazine rings is 1. The molecular weight excluding hydrogens is 663 g/mol. The van der Waals surface area contributed by atoms with Crippen molar-refractivity contribution in [1.29, 1.82) is 0 Å². The summed E-state index contributed by atoms with van der Waals surface area (Å²) in [5.74, 6) is 1.30. The number of thiazole rings is 1. The summed E-state index contributed by atoms with van der Waals surface area (Å²) in [6.07, 6.45) is 3.18. The van der Waals surface area contributed by atoms with E-state index >= 15 is 0 Å². The smallest absolute Gasteiger partial charge is 0.228 e. The number of ether oxygens (including phenoxy) is 1. The van der Waals surface area contributed by atoms with Crippen molar-refractivity contribution in [3.05, 3.63) is 57.6 Å². The minimum atomic E-state index is -2.69. The monoisotopic (exact) mass is 710 g/mol. The van der Waals surface area contributed by atoms with Gasteiger partial charge in [0.15, 0.2) is 0 Å². The number of nitrogens with one attached hydrogen (secondary N) is 2. The molecule has 1 aromatic heterocycles. The van der Waals surface area contributed by atoms with E-state index in [0.29, 0.717) is 33.6 Å². The molecule has 2 saturated heterocycles. The lowest BCUT2D eigenvalue weighted by Crippen LogP contribution is -2.52.